The molecular weight excluding hydrogens is 270 g/mol. The topological polar surface area (TPSA) is 83.4 Å². The zero-order valence-electron chi connectivity index (χ0n) is 11.1. The van der Waals surface area contributed by atoms with Crippen LogP contribution in [-0.2, 0) is 17.8 Å². The fourth-order valence-electron chi connectivity index (χ4n) is 2.51. The molecule has 0 saturated heterocycles. The highest BCUT2D eigenvalue weighted by atomic mass is 16.4. The van der Waals surface area contributed by atoms with E-state index in [9.17, 15) is 14.7 Å². The van der Waals surface area contributed by atoms with Crippen LogP contribution in [0.25, 0.3) is 0 Å². The van der Waals surface area contributed by atoms with Crippen LogP contribution in [0.1, 0.15) is 21.6 Å². The molecule has 6 heteroatoms. The lowest BCUT2D eigenvalue weighted by Crippen LogP contribution is -2.48. The van der Waals surface area contributed by atoms with Crippen LogP contribution in [0.5, 0.6) is 0 Å². The SMILES string of the molecule is O=C(O)[C@@H]1Cc2ccccc2CN1C(=O)c1cnccn1. The normalized spacial score (nSPS) is 17.1. The Bertz CT molecular complexity index is 688. The second-order valence-electron chi connectivity index (χ2n) is 4.85. The second kappa shape index (κ2) is 5.32. The molecule has 2 heterocycles. The van der Waals surface area contributed by atoms with Crippen LogP contribution in [0, 0.1) is 0 Å². The zero-order chi connectivity index (χ0) is 14.8. The Kier molecular flexibility index (Phi) is 3.35. The van der Waals surface area contributed by atoms with Crippen molar-refractivity contribution in [3.63, 3.8) is 0 Å². The summed E-state index contributed by atoms with van der Waals surface area (Å²) in [5.41, 5.74) is 2.09. The predicted molar refractivity (Wildman–Crippen MR) is 73.5 cm³/mol. The minimum atomic E-state index is -1.01. The molecule has 1 N–H and O–H groups in total. The zero-order valence-corrected chi connectivity index (χ0v) is 11.1. The fraction of sp³-hybridized carbons (Fsp3) is 0.200. The van der Waals surface area contributed by atoms with Gasteiger partial charge < -0.3 is 10.0 Å². The van der Waals surface area contributed by atoms with E-state index in [4.69, 9.17) is 0 Å². The fourth-order valence-corrected chi connectivity index (χ4v) is 2.51. The van der Waals surface area contributed by atoms with Crippen LogP contribution in [0.3, 0.4) is 0 Å². The lowest BCUT2D eigenvalue weighted by atomic mass is 9.93. The van der Waals surface area contributed by atoms with Crippen molar-refractivity contribution in [1.29, 1.82) is 0 Å². The quantitative estimate of drug-likeness (QED) is 0.893. The van der Waals surface area contributed by atoms with Gasteiger partial charge >= 0.3 is 5.97 Å². The van der Waals surface area contributed by atoms with Crippen LogP contribution < -0.4 is 0 Å². The molecule has 0 saturated carbocycles. The van der Waals surface area contributed by atoms with Crippen molar-refractivity contribution in [1.82, 2.24) is 14.9 Å². The Hall–Kier alpha value is -2.76. The molecule has 1 atom stereocenters. The molecule has 6 nitrogen and oxygen atoms in total. The molecule has 1 aliphatic rings. The van der Waals surface area contributed by atoms with Gasteiger partial charge in [-0.2, -0.15) is 0 Å². The van der Waals surface area contributed by atoms with Crippen molar-refractivity contribution in [2.75, 3.05) is 0 Å². The number of rotatable bonds is 2. The molecule has 0 aliphatic carbocycles. The lowest BCUT2D eigenvalue weighted by Gasteiger charge is -2.34. The number of amides is 1. The summed E-state index contributed by atoms with van der Waals surface area (Å²) in [5, 5.41) is 9.40. The number of carboxylic acid groups (broad SMARTS) is 1. The first-order valence-corrected chi connectivity index (χ1v) is 6.53. The van der Waals surface area contributed by atoms with Crippen molar-refractivity contribution >= 4 is 11.9 Å². The molecule has 1 aromatic heterocycles. The van der Waals surface area contributed by atoms with E-state index in [0.29, 0.717) is 6.42 Å². The van der Waals surface area contributed by atoms with Gasteiger partial charge in [0.2, 0.25) is 0 Å². The van der Waals surface area contributed by atoms with Gasteiger partial charge in [0.25, 0.3) is 5.91 Å². The third kappa shape index (κ3) is 2.47. The Morgan fingerprint density at radius 3 is 2.62 bits per heavy atom. The summed E-state index contributed by atoms with van der Waals surface area (Å²) in [6.07, 6.45) is 4.54. The summed E-state index contributed by atoms with van der Waals surface area (Å²) in [5.74, 6) is -1.42. The van der Waals surface area contributed by atoms with Gasteiger partial charge in [-0.05, 0) is 11.1 Å². The largest absolute Gasteiger partial charge is 0.480 e. The number of carboxylic acids is 1. The van der Waals surface area contributed by atoms with Crippen molar-refractivity contribution in [2.45, 2.75) is 19.0 Å². The molecule has 0 bridgehead atoms. The van der Waals surface area contributed by atoms with Gasteiger partial charge in [-0.25, -0.2) is 9.78 Å². The van der Waals surface area contributed by atoms with Gasteiger partial charge in [-0.15, -0.1) is 0 Å². The van der Waals surface area contributed by atoms with Crippen LogP contribution in [0.15, 0.2) is 42.9 Å². The van der Waals surface area contributed by atoms with Crippen molar-refractivity contribution in [3.8, 4) is 0 Å². The smallest absolute Gasteiger partial charge is 0.326 e. The minimum Gasteiger partial charge on any atom is -0.480 e. The Labute approximate surface area is 121 Å². The van der Waals surface area contributed by atoms with Crippen LogP contribution >= 0.6 is 0 Å². The highest BCUT2D eigenvalue weighted by Crippen LogP contribution is 2.24. The maximum absolute atomic E-state index is 12.5. The van der Waals surface area contributed by atoms with Gasteiger partial charge in [0, 0.05) is 25.4 Å². The highest BCUT2D eigenvalue weighted by molar-refractivity contribution is 5.95. The van der Waals surface area contributed by atoms with Gasteiger partial charge in [0.1, 0.15) is 11.7 Å². The van der Waals surface area contributed by atoms with Crippen LogP contribution in [0.4, 0.5) is 0 Å². The molecule has 1 aliphatic heterocycles. The molecule has 3 rings (SSSR count). The molecule has 1 amide bonds. The summed E-state index contributed by atoms with van der Waals surface area (Å²) in [6, 6.07) is 6.68. The van der Waals surface area contributed by atoms with E-state index in [2.05, 4.69) is 9.97 Å². The maximum atomic E-state index is 12.5. The van der Waals surface area contributed by atoms with Gasteiger partial charge in [-0.1, -0.05) is 24.3 Å². The molecule has 106 valence electrons. The second-order valence-corrected chi connectivity index (χ2v) is 4.85. The molecule has 2 aromatic rings. The Morgan fingerprint density at radius 1 is 1.19 bits per heavy atom. The number of aliphatic carboxylic acids is 1. The monoisotopic (exact) mass is 283 g/mol. The van der Waals surface area contributed by atoms with E-state index < -0.39 is 17.9 Å². The predicted octanol–water partition coefficient (Wildman–Crippen LogP) is 1.13. The number of hydrogen-bond donors (Lipinski definition) is 1. The van der Waals surface area contributed by atoms with Crippen molar-refractivity contribution in [3.05, 3.63) is 59.7 Å². The number of nitrogens with zero attached hydrogens (tertiary/aromatic N) is 3. The standard InChI is InChI=1S/C15H13N3O3/c19-14(12-8-16-5-6-17-12)18-9-11-4-2-1-3-10(11)7-13(18)15(20)21/h1-6,8,13H,7,9H2,(H,20,21)/t13-/m0/s1. The Morgan fingerprint density at radius 2 is 1.95 bits per heavy atom. The maximum Gasteiger partial charge on any atom is 0.326 e. The molecule has 0 unspecified atom stereocenters. The third-order valence-corrected chi connectivity index (χ3v) is 3.58. The van der Waals surface area contributed by atoms with Gasteiger partial charge in [0.15, 0.2) is 0 Å². The van der Waals surface area contributed by atoms with E-state index in [1.54, 1.807) is 0 Å². The summed E-state index contributed by atoms with van der Waals surface area (Å²) >= 11 is 0. The number of aromatic nitrogens is 2. The van der Waals surface area contributed by atoms with Crippen molar-refractivity contribution < 1.29 is 14.7 Å². The van der Waals surface area contributed by atoms with E-state index in [1.807, 2.05) is 24.3 Å². The summed E-state index contributed by atoms with van der Waals surface area (Å²) in [7, 11) is 0. The Balaban J connectivity index is 1.96. The van der Waals surface area contributed by atoms with Gasteiger partial charge in [-0.3, -0.25) is 9.78 Å². The lowest BCUT2D eigenvalue weighted by molar-refractivity contribution is -0.142. The molecule has 0 fully saturated rings. The first-order chi connectivity index (χ1) is 10.2. The molecule has 0 spiro atoms. The molecule has 21 heavy (non-hydrogen) atoms. The number of carbonyl (C=O) groups excluding carboxylic acids is 1. The van der Waals surface area contributed by atoms with Crippen molar-refractivity contribution in [2.24, 2.45) is 0 Å². The number of benzene rings is 1. The average molecular weight is 283 g/mol. The van der Waals surface area contributed by atoms with Crippen LogP contribution in [0.2, 0.25) is 0 Å². The number of fused-ring (bicyclic) bond motifs is 1. The van der Waals surface area contributed by atoms with E-state index >= 15 is 0 Å². The first-order valence-electron chi connectivity index (χ1n) is 6.53. The number of hydrogen-bond acceptors (Lipinski definition) is 4. The summed E-state index contributed by atoms with van der Waals surface area (Å²) in [6.45, 7) is 0.266. The van der Waals surface area contributed by atoms with E-state index in [1.165, 1.54) is 23.5 Å². The molecule has 0 radical (unpaired) electrons. The number of carbonyl (C=O) groups is 2. The van der Waals surface area contributed by atoms with Crippen LogP contribution in [-0.4, -0.2) is 37.9 Å². The third-order valence-electron chi connectivity index (χ3n) is 3.58. The van der Waals surface area contributed by atoms with E-state index in [-0.39, 0.29) is 12.2 Å². The van der Waals surface area contributed by atoms with Gasteiger partial charge in [0.05, 0.1) is 6.20 Å². The minimum absolute atomic E-state index is 0.156. The average Bonchev–Trinajstić information content (AvgIpc) is 2.53. The van der Waals surface area contributed by atoms with E-state index in [0.717, 1.165) is 11.1 Å². The molecule has 1 aromatic carbocycles. The first kappa shape index (κ1) is 13.2. The summed E-state index contributed by atoms with van der Waals surface area (Å²) < 4.78 is 0. The summed E-state index contributed by atoms with van der Waals surface area (Å²) in [4.78, 5) is 33.1. The highest BCUT2D eigenvalue weighted by Gasteiger charge is 2.35. The molecular formula is C15H13N3O3.